The summed E-state index contributed by atoms with van der Waals surface area (Å²) >= 11 is 1.59. The van der Waals surface area contributed by atoms with Gasteiger partial charge in [0.2, 0.25) is 0 Å². The van der Waals surface area contributed by atoms with Crippen LogP contribution in [0.2, 0.25) is 0 Å². The number of nitrogens with zero attached hydrogens (tertiary/aromatic N) is 3. The molecule has 1 aliphatic heterocycles. The molecule has 174 valence electrons. The van der Waals surface area contributed by atoms with Crippen molar-refractivity contribution in [2.75, 3.05) is 27.2 Å². The molecule has 0 N–H and O–H groups in total. The van der Waals surface area contributed by atoms with E-state index in [9.17, 15) is 4.79 Å². The maximum absolute atomic E-state index is 12.9. The molecule has 1 unspecified atom stereocenters. The highest BCUT2D eigenvalue weighted by Gasteiger charge is 2.31. The Labute approximate surface area is 201 Å². The minimum Gasteiger partial charge on any atom is -0.497 e. The van der Waals surface area contributed by atoms with Crippen molar-refractivity contribution in [2.45, 2.75) is 38.8 Å². The average Bonchev–Trinajstić information content (AvgIpc) is 3.29. The lowest BCUT2D eigenvalue weighted by atomic mass is 9.84. The molecule has 0 saturated carbocycles. The Bertz CT molecular complexity index is 1040. The van der Waals surface area contributed by atoms with Crippen LogP contribution < -0.4 is 4.74 Å². The highest BCUT2D eigenvalue weighted by molar-refractivity contribution is 7.13. The normalized spacial score (nSPS) is 15.6. The highest BCUT2D eigenvalue weighted by atomic mass is 32.1. The van der Waals surface area contributed by atoms with E-state index in [1.165, 1.54) is 10.4 Å². The minimum absolute atomic E-state index is 0.178. The van der Waals surface area contributed by atoms with Crippen molar-refractivity contribution in [1.29, 1.82) is 0 Å². The number of benzene rings is 1. The smallest absolute Gasteiger partial charge is 0.263 e. The zero-order valence-electron chi connectivity index (χ0n) is 19.7. The number of likely N-dealkylation sites (tertiary alicyclic amines) is 1. The molecule has 5 nitrogen and oxygen atoms in total. The number of thiophene rings is 1. The molecule has 1 aliphatic rings. The Kier molecular flexibility index (Phi) is 7.78. The van der Waals surface area contributed by atoms with E-state index in [2.05, 4.69) is 41.2 Å². The van der Waals surface area contributed by atoms with Gasteiger partial charge in [-0.25, -0.2) is 0 Å². The lowest BCUT2D eigenvalue weighted by Gasteiger charge is -2.40. The summed E-state index contributed by atoms with van der Waals surface area (Å²) in [5.74, 6) is 1.59. The number of carbonyl (C=O) groups is 1. The van der Waals surface area contributed by atoms with Crippen LogP contribution in [0.25, 0.3) is 0 Å². The molecular weight excluding hydrogens is 430 g/mol. The molecule has 1 saturated heterocycles. The molecule has 4 rings (SSSR count). The Balaban J connectivity index is 1.47. The summed E-state index contributed by atoms with van der Waals surface area (Å²) < 4.78 is 5.46. The van der Waals surface area contributed by atoms with Crippen LogP contribution in [0.1, 0.15) is 38.6 Å². The molecule has 0 radical (unpaired) electrons. The van der Waals surface area contributed by atoms with Gasteiger partial charge in [0.25, 0.3) is 5.91 Å². The molecule has 1 aromatic carbocycles. The SMILES string of the molecule is COc1cccc(CC(C2CCN(C(=O)c3ccc(C)s3)CC2)N(C)Cc2ccccn2)c1. The second-order valence-electron chi connectivity index (χ2n) is 8.90. The van der Waals surface area contributed by atoms with Crippen molar-refractivity contribution in [3.8, 4) is 5.75 Å². The van der Waals surface area contributed by atoms with E-state index in [-0.39, 0.29) is 5.91 Å². The first kappa shape index (κ1) is 23.5. The molecule has 0 bridgehead atoms. The van der Waals surface area contributed by atoms with E-state index >= 15 is 0 Å². The van der Waals surface area contributed by atoms with E-state index in [0.717, 1.165) is 55.2 Å². The molecule has 3 heterocycles. The Morgan fingerprint density at radius 1 is 1.18 bits per heavy atom. The average molecular weight is 464 g/mol. The third-order valence-corrected chi connectivity index (χ3v) is 7.59. The van der Waals surface area contributed by atoms with Gasteiger partial charge in [-0.15, -0.1) is 11.3 Å². The number of rotatable bonds is 8. The summed E-state index contributed by atoms with van der Waals surface area (Å²) in [6, 6.07) is 18.8. The van der Waals surface area contributed by atoms with Crippen LogP contribution in [-0.4, -0.2) is 54.0 Å². The summed E-state index contributed by atoms with van der Waals surface area (Å²) in [7, 11) is 3.91. The third-order valence-electron chi connectivity index (χ3n) is 6.60. The summed E-state index contributed by atoms with van der Waals surface area (Å²) in [6.45, 7) is 4.48. The number of carbonyl (C=O) groups excluding carboxylic acids is 1. The summed E-state index contributed by atoms with van der Waals surface area (Å²) in [6.07, 6.45) is 4.83. The third kappa shape index (κ3) is 6.01. The predicted molar refractivity (Wildman–Crippen MR) is 134 cm³/mol. The molecule has 0 spiro atoms. The van der Waals surface area contributed by atoms with Gasteiger partial charge in [-0.1, -0.05) is 18.2 Å². The molecule has 1 fully saturated rings. The Hall–Kier alpha value is -2.70. The van der Waals surface area contributed by atoms with Gasteiger partial charge < -0.3 is 9.64 Å². The topological polar surface area (TPSA) is 45.7 Å². The van der Waals surface area contributed by atoms with E-state index in [1.807, 2.05) is 48.4 Å². The van der Waals surface area contributed by atoms with Crippen molar-refractivity contribution >= 4 is 17.2 Å². The maximum atomic E-state index is 12.9. The van der Waals surface area contributed by atoms with Crippen molar-refractivity contribution in [1.82, 2.24) is 14.8 Å². The van der Waals surface area contributed by atoms with Crippen LogP contribution in [0.3, 0.4) is 0 Å². The Morgan fingerprint density at radius 2 is 2.00 bits per heavy atom. The van der Waals surface area contributed by atoms with Crippen molar-refractivity contribution in [2.24, 2.45) is 5.92 Å². The summed E-state index contributed by atoms with van der Waals surface area (Å²) in [4.78, 5) is 24.0. The number of methoxy groups -OCH3 is 1. The second-order valence-corrected chi connectivity index (χ2v) is 10.2. The van der Waals surface area contributed by atoms with Crippen LogP contribution in [-0.2, 0) is 13.0 Å². The largest absolute Gasteiger partial charge is 0.497 e. The summed E-state index contributed by atoms with van der Waals surface area (Å²) in [5, 5.41) is 0. The van der Waals surface area contributed by atoms with Gasteiger partial charge in [-0.05, 0) is 81.1 Å². The number of hydrogen-bond donors (Lipinski definition) is 0. The highest BCUT2D eigenvalue weighted by Crippen LogP contribution is 2.29. The number of amides is 1. The van der Waals surface area contributed by atoms with Crippen molar-refractivity contribution in [3.63, 3.8) is 0 Å². The number of hydrogen-bond acceptors (Lipinski definition) is 5. The van der Waals surface area contributed by atoms with Crippen molar-refractivity contribution < 1.29 is 9.53 Å². The monoisotopic (exact) mass is 463 g/mol. The predicted octanol–water partition coefficient (Wildman–Crippen LogP) is 5.06. The van der Waals surface area contributed by atoms with Crippen LogP contribution in [0.4, 0.5) is 0 Å². The number of aryl methyl sites for hydroxylation is 1. The van der Waals surface area contributed by atoms with Crippen LogP contribution >= 0.6 is 11.3 Å². The molecule has 33 heavy (non-hydrogen) atoms. The van der Waals surface area contributed by atoms with Gasteiger partial charge in [0.1, 0.15) is 5.75 Å². The molecule has 1 atom stereocenters. The first-order valence-corrected chi connectivity index (χ1v) is 12.4. The van der Waals surface area contributed by atoms with Gasteiger partial charge >= 0.3 is 0 Å². The minimum atomic E-state index is 0.178. The van der Waals surface area contributed by atoms with Gasteiger partial charge in [0.15, 0.2) is 0 Å². The Morgan fingerprint density at radius 3 is 2.67 bits per heavy atom. The fraction of sp³-hybridized carbons (Fsp3) is 0.407. The van der Waals surface area contributed by atoms with E-state index in [0.29, 0.717) is 12.0 Å². The van der Waals surface area contributed by atoms with E-state index in [1.54, 1.807) is 18.4 Å². The molecular formula is C27H33N3O2S. The molecule has 0 aliphatic carbocycles. The molecule has 2 aromatic heterocycles. The van der Waals surface area contributed by atoms with Gasteiger partial charge in [0, 0.05) is 36.8 Å². The lowest BCUT2D eigenvalue weighted by molar-refractivity contribution is 0.0606. The fourth-order valence-corrected chi connectivity index (χ4v) is 5.62. The van der Waals surface area contributed by atoms with Gasteiger partial charge in [0.05, 0.1) is 17.7 Å². The van der Waals surface area contributed by atoms with Crippen molar-refractivity contribution in [3.05, 3.63) is 81.8 Å². The second kappa shape index (κ2) is 10.9. The van der Waals surface area contributed by atoms with Crippen LogP contribution in [0, 0.1) is 12.8 Å². The quantitative estimate of drug-likeness (QED) is 0.469. The fourth-order valence-electron chi connectivity index (χ4n) is 4.78. The number of aromatic nitrogens is 1. The van der Waals surface area contributed by atoms with E-state index in [4.69, 9.17) is 4.74 Å². The van der Waals surface area contributed by atoms with Crippen LogP contribution in [0.5, 0.6) is 5.75 Å². The number of piperidine rings is 1. The first-order chi connectivity index (χ1) is 16.0. The zero-order chi connectivity index (χ0) is 23.2. The summed E-state index contributed by atoms with van der Waals surface area (Å²) in [5.41, 5.74) is 2.36. The first-order valence-electron chi connectivity index (χ1n) is 11.6. The lowest BCUT2D eigenvalue weighted by Crippen LogP contribution is -2.46. The number of likely N-dealkylation sites (N-methyl/N-ethyl adjacent to an activating group) is 1. The number of pyridine rings is 1. The molecule has 1 amide bonds. The zero-order valence-corrected chi connectivity index (χ0v) is 20.6. The standard InChI is InChI=1S/C27H33N3O2S/c1-20-10-11-26(33-20)27(31)30-15-12-22(13-16-30)25(18-21-7-6-9-24(17-21)32-3)29(2)19-23-8-4-5-14-28-23/h4-11,14,17,22,25H,12-13,15-16,18-19H2,1-3H3. The number of ether oxygens (including phenoxy) is 1. The van der Waals surface area contributed by atoms with Gasteiger partial charge in [-0.3, -0.25) is 14.7 Å². The molecule has 6 heteroatoms. The maximum Gasteiger partial charge on any atom is 0.263 e. The van der Waals surface area contributed by atoms with E-state index < -0.39 is 0 Å². The molecule has 3 aromatic rings. The van der Waals surface area contributed by atoms with Crippen LogP contribution in [0.15, 0.2) is 60.8 Å². The van der Waals surface area contributed by atoms with Gasteiger partial charge in [-0.2, -0.15) is 0 Å².